The summed E-state index contributed by atoms with van der Waals surface area (Å²) in [7, 11) is 0. The van der Waals surface area contributed by atoms with E-state index in [2.05, 4.69) is 10.6 Å². The Kier molecular flexibility index (Phi) is 7.42. The van der Waals surface area contributed by atoms with Gasteiger partial charge in [0.15, 0.2) is 0 Å². The molecule has 2 N–H and O–H groups in total. The van der Waals surface area contributed by atoms with Crippen molar-refractivity contribution in [3.8, 4) is 0 Å². The van der Waals surface area contributed by atoms with Crippen molar-refractivity contribution < 1.29 is 23.6 Å². The smallest absolute Gasteiger partial charge is 0.293 e. The summed E-state index contributed by atoms with van der Waals surface area (Å²) >= 11 is 0.789. The van der Waals surface area contributed by atoms with E-state index in [9.17, 15) is 23.6 Å². The van der Waals surface area contributed by atoms with E-state index in [0.29, 0.717) is 11.1 Å². The van der Waals surface area contributed by atoms with Crippen molar-refractivity contribution in [3.63, 3.8) is 0 Å². The predicted octanol–water partition coefficient (Wildman–Crippen LogP) is 3.03. The Balaban J connectivity index is 1.46. The number of carbonyl (C=O) groups excluding carboxylic acids is 4. The first-order valence-electron chi connectivity index (χ1n) is 9.87. The summed E-state index contributed by atoms with van der Waals surface area (Å²) in [6.45, 7) is 3.60. The SMILES string of the molecule is Cc1cc(C)cc(C(=O)NCC(=O)NCCN2C(=O)S/C(=C/c3ccc(F)cc3)C2=O)c1. The molecule has 1 saturated heterocycles. The Morgan fingerprint density at radius 2 is 1.69 bits per heavy atom. The van der Waals surface area contributed by atoms with Gasteiger partial charge in [-0.25, -0.2) is 4.39 Å². The lowest BCUT2D eigenvalue weighted by Gasteiger charge is -2.13. The van der Waals surface area contributed by atoms with Crippen LogP contribution in [0.4, 0.5) is 9.18 Å². The van der Waals surface area contributed by atoms with E-state index in [1.165, 1.54) is 30.3 Å². The van der Waals surface area contributed by atoms with Crippen LogP contribution in [0.15, 0.2) is 47.4 Å². The number of rotatable bonds is 7. The molecule has 1 heterocycles. The minimum Gasteiger partial charge on any atom is -0.353 e. The van der Waals surface area contributed by atoms with Crippen LogP contribution in [0.5, 0.6) is 0 Å². The fraction of sp³-hybridized carbons (Fsp3) is 0.217. The van der Waals surface area contributed by atoms with Gasteiger partial charge < -0.3 is 10.6 Å². The van der Waals surface area contributed by atoms with Gasteiger partial charge in [0.1, 0.15) is 5.82 Å². The van der Waals surface area contributed by atoms with E-state index in [1.807, 2.05) is 19.9 Å². The molecule has 0 aliphatic carbocycles. The van der Waals surface area contributed by atoms with E-state index in [1.54, 1.807) is 12.1 Å². The van der Waals surface area contributed by atoms with Crippen LogP contribution < -0.4 is 10.6 Å². The van der Waals surface area contributed by atoms with Crippen molar-refractivity contribution in [2.45, 2.75) is 13.8 Å². The first-order chi connectivity index (χ1) is 15.2. The molecule has 1 aliphatic rings. The van der Waals surface area contributed by atoms with Gasteiger partial charge in [0, 0.05) is 18.7 Å². The molecule has 2 aromatic carbocycles. The summed E-state index contributed by atoms with van der Waals surface area (Å²) < 4.78 is 13.0. The average molecular weight is 456 g/mol. The summed E-state index contributed by atoms with van der Waals surface area (Å²) in [5.74, 6) is -1.65. The molecule has 0 unspecified atom stereocenters. The van der Waals surface area contributed by atoms with Crippen LogP contribution in [0.3, 0.4) is 0 Å². The highest BCUT2D eigenvalue weighted by atomic mass is 32.2. The number of aryl methyl sites for hydroxylation is 2. The molecule has 0 spiro atoms. The van der Waals surface area contributed by atoms with Crippen LogP contribution in [0, 0.1) is 19.7 Å². The molecule has 0 bridgehead atoms. The number of nitrogens with one attached hydrogen (secondary N) is 2. The molecular weight excluding hydrogens is 433 g/mol. The van der Waals surface area contributed by atoms with Crippen molar-refractivity contribution in [2.75, 3.05) is 19.6 Å². The fourth-order valence-corrected chi connectivity index (χ4v) is 4.01. The third-order valence-corrected chi connectivity index (χ3v) is 5.50. The number of nitrogens with zero attached hydrogens (tertiary/aromatic N) is 1. The second kappa shape index (κ2) is 10.2. The standard InChI is InChI=1S/C23H22FN3O4S/c1-14-9-15(2)11-17(10-14)21(29)26-13-20(28)25-7-8-27-22(30)19(32-23(27)31)12-16-3-5-18(24)6-4-16/h3-6,9-12H,7-8,13H2,1-2H3,(H,25,28)(H,26,29)/b19-12+. The number of carbonyl (C=O) groups is 4. The largest absolute Gasteiger partial charge is 0.353 e. The quantitative estimate of drug-likeness (QED) is 0.626. The van der Waals surface area contributed by atoms with Crippen molar-refractivity contribution in [2.24, 2.45) is 0 Å². The van der Waals surface area contributed by atoms with Gasteiger partial charge in [0.05, 0.1) is 11.4 Å². The maximum Gasteiger partial charge on any atom is 0.293 e. The number of halogens is 1. The monoisotopic (exact) mass is 455 g/mol. The van der Waals surface area contributed by atoms with E-state index in [4.69, 9.17) is 0 Å². The summed E-state index contributed by atoms with van der Waals surface area (Å²) in [4.78, 5) is 50.1. The molecule has 0 atom stereocenters. The molecule has 4 amide bonds. The van der Waals surface area contributed by atoms with Crippen molar-refractivity contribution in [1.82, 2.24) is 15.5 Å². The van der Waals surface area contributed by atoms with Gasteiger partial charge in [-0.1, -0.05) is 29.3 Å². The molecular formula is C23H22FN3O4S. The normalized spacial score (nSPS) is 14.7. The van der Waals surface area contributed by atoms with Crippen LogP contribution in [0.25, 0.3) is 6.08 Å². The highest BCUT2D eigenvalue weighted by Gasteiger charge is 2.34. The second-order valence-corrected chi connectivity index (χ2v) is 8.29. The van der Waals surface area contributed by atoms with Gasteiger partial charge >= 0.3 is 0 Å². The molecule has 1 aliphatic heterocycles. The van der Waals surface area contributed by atoms with Crippen LogP contribution in [-0.4, -0.2) is 47.5 Å². The molecule has 0 saturated carbocycles. The zero-order chi connectivity index (χ0) is 23.3. The van der Waals surface area contributed by atoms with Gasteiger partial charge in [-0.15, -0.1) is 0 Å². The lowest BCUT2D eigenvalue weighted by Crippen LogP contribution is -2.41. The minimum absolute atomic E-state index is 0.00217. The maximum absolute atomic E-state index is 13.0. The maximum atomic E-state index is 13.0. The lowest BCUT2D eigenvalue weighted by molar-refractivity contribution is -0.124. The van der Waals surface area contributed by atoms with E-state index < -0.39 is 22.9 Å². The molecule has 1 fully saturated rings. The first-order valence-corrected chi connectivity index (χ1v) is 10.7. The lowest BCUT2D eigenvalue weighted by atomic mass is 10.1. The van der Waals surface area contributed by atoms with Crippen LogP contribution in [-0.2, 0) is 9.59 Å². The Bertz CT molecular complexity index is 1080. The molecule has 3 rings (SSSR count). The average Bonchev–Trinajstić information content (AvgIpc) is 3.00. The molecule has 9 heteroatoms. The third kappa shape index (κ3) is 6.04. The van der Waals surface area contributed by atoms with Gasteiger partial charge in [-0.05, 0) is 61.5 Å². The van der Waals surface area contributed by atoms with Gasteiger partial charge in [0.25, 0.3) is 17.1 Å². The Morgan fingerprint density at radius 3 is 2.34 bits per heavy atom. The number of benzene rings is 2. The highest BCUT2D eigenvalue weighted by molar-refractivity contribution is 8.18. The number of thioether (sulfide) groups is 1. The molecule has 7 nitrogen and oxygen atoms in total. The van der Waals surface area contributed by atoms with E-state index >= 15 is 0 Å². The number of imide groups is 1. The Labute approximate surface area is 189 Å². The summed E-state index contributed by atoms with van der Waals surface area (Å²) in [5.41, 5.74) is 2.97. The summed E-state index contributed by atoms with van der Waals surface area (Å²) in [6.07, 6.45) is 1.52. The Morgan fingerprint density at radius 1 is 1.03 bits per heavy atom. The van der Waals surface area contributed by atoms with Crippen LogP contribution in [0.1, 0.15) is 27.0 Å². The zero-order valence-corrected chi connectivity index (χ0v) is 18.4. The number of amides is 4. The van der Waals surface area contributed by atoms with Crippen LogP contribution >= 0.6 is 11.8 Å². The molecule has 0 aromatic heterocycles. The summed E-state index contributed by atoms with van der Waals surface area (Å²) in [5, 5.41) is 4.69. The minimum atomic E-state index is -0.471. The molecule has 32 heavy (non-hydrogen) atoms. The van der Waals surface area contributed by atoms with Crippen LogP contribution in [0.2, 0.25) is 0 Å². The predicted molar refractivity (Wildman–Crippen MR) is 120 cm³/mol. The fourth-order valence-electron chi connectivity index (χ4n) is 3.14. The van der Waals surface area contributed by atoms with Crippen molar-refractivity contribution in [3.05, 3.63) is 75.4 Å². The first kappa shape index (κ1) is 23.2. The van der Waals surface area contributed by atoms with Crippen molar-refractivity contribution in [1.29, 1.82) is 0 Å². The van der Waals surface area contributed by atoms with Gasteiger partial charge in [-0.3, -0.25) is 24.1 Å². The van der Waals surface area contributed by atoms with E-state index in [-0.39, 0.29) is 30.4 Å². The molecule has 0 radical (unpaired) electrons. The van der Waals surface area contributed by atoms with Gasteiger partial charge in [-0.2, -0.15) is 0 Å². The van der Waals surface area contributed by atoms with Crippen molar-refractivity contribution >= 4 is 40.8 Å². The summed E-state index contributed by atoms with van der Waals surface area (Å²) in [6, 6.07) is 11.0. The second-order valence-electron chi connectivity index (χ2n) is 7.29. The Hall–Kier alpha value is -3.46. The highest BCUT2D eigenvalue weighted by Crippen LogP contribution is 2.31. The zero-order valence-electron chi connectivity index (χ0n) is 17.6. The van der Waals surface area contributed by atoms with Gasteiger partial charge in [0.2, 0.25) is 5.91 Å². The molecule has 166 valence electrons. The number of hydrogen-bond donors (Lipinski definition) is 2. The van der Waals surface area contributed by atoms with E-state index in [0.717, 1.165) is 27.8 Å². The molecule has 2 aromatic rings. The number of hydrogen-bond acceptors (Lipinski definition) is 5. The third-order valence-electron chi connectivity index (χ3n) is 4.59. The topological polar surface area (TPSA) is 95.6 Å².